The number of rotatable bonds is 5. The third kappa shape index (κ3) is 4.16. The van der Waals surface area contributed by atoms with Crippen LogP contribution in [0.4, 0.5) is 4.39 Å². The average Bonchev–Trinajstić information content (AvgIpc) is 2.43. The molecule has 0 unspecified atom stereocenters. The topological polar surface area (TPSA) is 38.7 Å². The number of benzene rings is 1. The van der Waals surface area contributed by atoms with Gasteiger partial charge < -0.3 is 4.74 Å². The molecule has 0 fully saturated rings. The van der Waals surface area contributed by atoms with Gasteiger partial charge in [0, 0.05) is 11.8 Å². The molecule has 0 amide bonds. The van der Waals surface area contributed by atoms with E-state index in [9.17, 15) is 9.18 Å². The van der Waals surface area contributed by atoms with E-state index in [2.05, 4.69) is 4.99 Å². The number of esters is 1. The molecule has 0 N–H and O–H groups in total. The molecule has 3 nitrogen and oxygen atoms in total. The molecule has 20 heavy (non-hydrogen) atoms. The first-order chi connectivity index (χ1) is 9.63. The third-order valence-corrected chi connectivity index (χ3v) is 2.44. The van der Waals surface area contributed by atoms with Gasteiger partial charge in [-0.2, -0.15) is 0 Å². The first kappa shape index (κ1) is 15.8. The zero-order valence-electron chi connectivity index (χ0n) is 11.9. The fraction of sp³-hybridized carbons (Fsp3) is 0.250. The van der Waals surface area contributed by atoms with Gasteiger partial charge in [0.05, 0.1) is 17.9 Å². The van der Waals surface area contributed by atoms with E-state index in [0.717, 1.165) is 0 Å². The molecule has 0 saturated carbocycles. The maximum absolute atomic E-state index is 13.4. The van der Waals surface area contributed by atoms with Gasteiger partial charge in [0.1, 0.15) is 5.82 Å². The molecule has 1 rings (SSSR count). The van der Waals surface area contributed by atoms with Crippen LogP contribution in [0.25, 0.3) is 5.70 Å². The predicted molar refractivity (Wildman–Crippen MR) is 78.9 cm³/mol. The Labute approximate surface area is 118 Å². The van der Waals surface area contributed by atoms with Gasteiger partial charge in [-0.1, -0.05) is 18.2 Å². The Kier molecular flexibility index (Phi) is 6.37. The first-order valence-electron chi connectivity index (χ1n) is 6.42. The van der Waals surface area contributed by atoms with Gasteiger partial charge in [0.25, 0.3) is 0 Å². The van der Waals surface area contributed by atoms with E-state index in [0.29, 0.717) is 16.8 Å². The number of carbonyl (C=O) groups is 1. The van der Waals surface area contributed by atoms with Crippen LogP contribution in [-0.4, -0.2) is 18.8 Å². The second-order valence-corrected chi connectivity index (χ2v) is 3.88. The van der Waals surface area contributed by atoms with Crippen molar-refractivity contribution in [1.29, 1.82) is 0 Å². The SMILES string of the molecule is CC=N/C(=C(\C=C\C)C(=O)OCC)c1cccc(F)c1. The summed E-state index contributed by atoms with van der Waals surface area (Å²) in [4.78, 5) is 16.2. The molecule has 0 aliphatic rings. The van der Waals surface area contributed by atoms with E-state index in [4.69, 9.17) is 4.74 Å². The molecular formula is C16H18FNO2. The fourth-order valence-electron chi connectivity index (χ4n) is 1.68. The summed E-state index contributed by atoms with van der Waals surface area (Å²) in [5, 5.41) is 0. The Morgan fingerprint density at radius 3 is 2.70 bits per heavy atom. The summed E-state index contributed by atoms with van der Waals surface area (Å²) in [5.41, 5.74) is 1.23. The lowest BCUT2D eigenvalue weighted by molar-refractivity contribution is -0.138. The fourth-order valence-corrected chi connectivity index (χ4v) is 1.68. The highest BCUT2D eigenvalue weighted by Crippen LogP contribution is 2.23. The van der Waals surface area contributed by atoms with Crippen LogP contribution in [0.5, 0.6) is 0 Å². The van der Waals surface area contributed by atoms with Crippen molar-refractivity contribution in [2.75, 3.05) is 6.61 Å². The molecule has 106 valence electrons. The van der Waals surface area contributed by atoms with Gasteiger partial charge >= 0.3 is 5.97 Å². The van der Waals surface area contributed by atoms with Crippen LogP contribution in [0.3, 0.4) is 0 Å². The normalized spacial score (nSPS) is 12.8. The Bertz CT molecular complexity index is 559. The predicted octanol–water partition coefficient (Wildman–Crippen LogP) is 3.77. The van der Waals surface area contributed by atoms with Gasteiger partial charge in [0.15, 0.2) is 0 Å². The van der Waals surface area contributed by atoms with Gasteiger partial charge in [0.2, 0.25) is 0 Å². The molecule has 0 aliphatic heterocycles. The highest BCUT2D eigenvalue weighted by Gasteiger charge is 2.15. The Hall–Kier alpha value is -2.23. The summed E-state index contributed by atoms with van der Waals surface area (Å²) in [5.74, 6) is -0.856. The van der Waals surface area contributed by atoms with Crippen molar-refractivity contribution >= 4 is 17.9 Å². The number of aliphatic imine (C=N–C) groups is 1. The highest BCUT2D eigenvalue weighted by molar-refractivity contribution is 6.01. The van der Waals surface area contributed by atoms with Crippen LogP contribution in [0.15, 0.2) is 47.0 Å². The minimum absolute atomic E-state index is 0.270. The van der Waals surface area contributed by atoms with E-state index >= 15 is 0 Å². The lowest BCUT2D eigenvalue weighted by Gasteiger charge is -2.09. The van der Waals surface area contributed by atoms with E-state index < -0.39 is 5.97 Å². The molecule has 0 heterocycles. The quantitative estimate of drug-likeness (QED) is 0.355. The van der Waals surface area contributed by atoms with Crippen molar-refractivity contribution in [2.45, 2.75) is 20.8 Å². The van der Waals surface area contributed by atoms with Gasteiger partial charge in [-0.15, -0.1) is 0 Å². The second kappa shape index (κ2) is 8.04. The average molecular weight is 275 g/mol. The van der Waals surface area contributed by atoms with Crippen LogP contribution in [0.2, 0.25) is 0 Å². The number of allylic oxidation sites excluding steroid dienone is 1. The Balaban J connectivity index is 3.45. The molecule has 0 spiro atoms. The third-order valence-electron chi connectivity index (χ3n) is 2.44. The van der Waals surface area contributed by atoms with Gasteiger partial charge in [-0.25, -0.2) is 9.18 Å². The van der Waals surface area contributed by atoms with E-state index in [1.165, 1.54) is 12.1 Å². The maximum atomic E-state index is 13.4. The lowest BCUT2D eigenvalue weighted by atomic mass is 10.1. The van der Waals surface area contributed by atoms with Crippen molar-refractivity contribution in [3.05, 3.63) is 53.4 Å². The number of halogens is 1. The molecule has 1 aromatic carbocycles. The van der Waals surface area contributed by atoms with Crippen molar-refractivity contribution < 1.29 is 13.9 Å². The molecular weight excluding hydrogens is 257 g/mol. The molecule has 0 aromatic heterocycles. The first-order valence-corrected chi connectivity index (χ1v) is 6.42. The zero-order chi connectivity index (χ0) is 15.0. The summed E-state index contributed by atoms with van der Waals surface area (Å²) in [6.45, 7) is 5.53. The molecule has 4 heteroatoms. The van der Waals surface area contributed by atoms with Crippen LogP contribution in [0, 0.1) is 5.82 Å². The smallest absolute Gasteiger partial charge is 0.340 e. The molecule has 0 aliphatic carbocycles. The van der Waals surface area contributed by atoms with Crippen LogP contribution < -0.4 is 0 Å². The molecule has 0 radical (unpaired) electrons. The van der Waals surface area contributed by atoms with Crippen LogP contribution >= 0.6 is 0 Å². The van der Waals surface area contributed by atoms with Gasteiger partial charge in [-0.3, -0.25) is 4.99 Å². The van der Waals surface area contributed by atoms with Crippen LogP contribution in [0.1, 0.15) is 26.3 Å². The van der Waals surface area contributed by atoms with Crippen molar-refractivity contribution in [1.82, 2.24) is 0 Å². The largest absolute Gasteiger partial charge is 0.462 e. The molecule has 1 aromatic rings. The van der Waals surface area contributed by atoms with E-state index in [1.807, 2.05) is 0 Å². The van der Waals surface area contributed by atoms with Gasteiger partial charge in [-0.05, 0) is 39.0 Å². The standard InChI is InChI=1S/C16H18FNO2/c1-4-8-14(16(19)20-6-3)15(18-5-2)12-9-7-10-13(17)11-12/h4-5,7-11H,6H2,1-3H3/b8-4+,15-14+,18-5?. The number of hydrogen-bond donors (Lipinski definition) is 0. The highest BCUT2D eigenvalue weighted by atomic mass is 19.1. The van der Waals surface area contributed by atoms with E-state index in [1.54, 1.807) is 51.3 Å². The minimum atomic E-state index is -0.476. The summed E-state index contributed by atoms with van der Waals surface area (Å²) in [7, 11) is 0. The Morgan fingerprint density at radius 2 is 2.15 bits per heavy atom. The summed E-state index contributed by atoms with van der Waals surface area (Å²) in [6, 6.07) is 5.96. The number of nitrogens with zero attached hydrogens (tertiary/aromatic N) is 1. The maximum Gasteiger partial charge on any atom is 0.340 e. The van der Waals surface area contributed by atoms with Crippen LogP contribution in [-0.2, 0) is 9.53 Å². The monoisotopic (exact) mass is 275 g/mol. The molecule has 0 bridgehead atoms. The summed E-state index contributed by atoms with van der Waals surface area (Å²) < 4.78 is 18.4. The van der Waals surface area contributed by atoms with E-state index in [-0.39, 0.29) is 12.4 Å². The molecule has 0 atom stereocenters. The minimum Gasteiger partial charge on any atom is -0.462 e. The Morgan fingerprint density at radius 1 is 1.40 bits per heavy atom. The number of ether oxygens (including phenoxy) is 1. The van der Waals surface area contributed by atoms with Crippen molar-refractivity contribution in [3.8, 4) is 0 Å². The summed E-state index contributed by atoms with van der Waals surface area (Å²) in [6.07, 6.45) is 4.89. The number of carbonyl (C=O) groups excluding carboxylic acids is 1. The lowest BCUT2D eigenvalue weighted by Crippen LogP contribution is -2.08. The van der Waals surface area contributed by atoms with Crippen molar-refractivity contribution in [3.63, 3.8) is 0 Å². The van der Waals surface area contributed by atoms with Crippen molar-refractivity contribution in [2.24, 2.45) is 4.99 Å². The zero-order valence-corrected chi connectivity index (χ0v) is 11.9. The second-order valence-electron chi connectivity index (χ2n) is 3.88. The molecule has 0 saturated heterocycles. The summed E-state index contributed by atoms with van der Waals surface area (Å²) >= 11 is 0. The number of hydrogen-bond acceptors (Lipinski definition) is 3.